The van der Waals surface area contributed by atoms with Crippen molar-refractivity contribution < 1.29 is 4.42 Å². The van der Waals surface area contributed by atoms with Gasteiger partial charge in [0.2, 0.25) is 0 Å². The molecule has 2 aromatic heterocycles. The fraction of sp³-hybridized carbons (Fsp3) is 0.0833. The SMILES string of the molecule is Cc1coc2nc(-c3ccccc3)cn12. The second kappa shape index (κ2) is 2.98. The van der Waals surface area contributed by atoms with Crippen molar-refractivity contribution in [2.24, 2.45) is 0 Å². The average Bonchev–Trinajstić information content (AvgIpc) is 2.83. The lowest BCUT2D eigenvalue weighted by Crippen LogP contribution is -1.78. The van der Waals surface area contributed by atoms with Crippen LogP contribution in [0.1, 0.15) is 5.69 Å². The van der Waals surface area contributed by atoms with Crippen molar-refractivity contribution in [2.45, 2.75) is 6.92 Å². The van der Waals surface area contributed by atoms with Crippen LogP contribution in [-0.2, 0) is 0 Å². The maximum Gasteiger partial charge on any atom is 0.306 e. The summed E-state index contributed by atoms with van der Waals surface area (Å²) in [6.07, 6.45) is 3.70. The summed E-state index contributed by atoms with van der Waals surface area (Å²) in [6.45, 7) is 1.99. The van der Waals surface area contributed by atoms with Crippen LogP contribution >= 0.6 is 0 Å². The second-order valence-electron chi connectivity index (χ2n) is 3.52. The molecular formula is C12H10N2O. The molecule has 0 spiro atoms. The number of aryl methyl sites for hydroxylation is 1. The van der Waals surface area contributed by atoms with Gasteiger partial charge in [0.15, 0.2) is 0 Å². The third-order valence-corrected chi connectivity index (χ3v) is 2.46. The Morgan fingerprint density at radius 2 is 2.00 bits per heavy atom. The molecule has 15 heavy (non-hydrogen) atoms. The second-order valence-corrected chi connectivity index (χ2v) is 3.52. The van der Waals surface area contributed by atoms with Crippen LogP contribution in [0.2, 0.25) is 0 Å². The predicted octanol–water partition coefficient (Wildman–Crippen LogP) is 2.90. The van der Waals surface area contributed by atoms with Crippen LogP contribution in [-0.4, -0.2) is 9.38 Å². The maximum absolute atomic E-state index is 5.30. The molecule has 3 nitrogen and oxygen atoms in total. The van der Waals surface area contributed by atoms with E-state index in [1.807, 2.05) is 47.9 Å². The Morgan fingerprint density at radius 3 is 2.73 bits per heavy atom. The Hall–Kier alpha value is -2.03. The Bertz CT molecular complexity index is 592. The largest absolute Gasteiger partial charge is 0.431 e. The number of fused-ring (bicyclic) bond motifs is 1. The minimum atomic E-state index is 0.645. The molecule has 0 unspecified atom stereocenters. The van der Waals surface area contributed by atoms with Gasteiger partial charge in [-0.1, -0.05) is 30.3 Å². The van der Waals surface area contributed by atoms with Gasteiger partial charge in [-0.2, -0.15) is 4.98 Å². The predicted molar refractivity (Wildman–Crippen MR) is 57.6 cm³/mol. The minimum absolute atomic E-state index is 0.645. The molecule has 0 radical (unpaired) electrons. The number of rotatable bonds is 1. The van der Waals surface area contributed by atoms with E-state index in [1.54, 1.807) is 6.26 Å². The lowest BCUT2D eigenvalue weighted by Gasteiger charge is -1.92. The number of aromatic nitrogens is 2. The molecule has 0 amide bonds. The van der Waals surface area contributed by atoms with E-state index in [1.165, 1.54) is 0 Å². The van der Waals surface area contributed by atoms with Crippen molar-refractivity contribution in [3.05, 3.63) is 48.5 Å². The van der Waals surface area contributed by atoms with E-state index in [9.17, 15) is 0 Å². The molecule has 0 bridgehead atoms. The standard InChI is InChI=1S/C12H10N2O/c1-9-8-15-12-13-11(7-14(9)12)10-5-3-2-4-6-10/h2-8H,1H3. The number of imidazole rings is 1. The van der Waals surface area contributed by atoms with Crippen LogP contribution in [0.25, 0.3) is 17.1 Å². The first-order valence-electron chi connectivity index (χ1n) is 4.83. The quantitative estimate of drug-likeness (QED) is 0.601. The van der Waals surface area contributed by atoms with Crippen molar-refractivity contribution in [3.63, 3.8) is 0 Å². The lowest BCUT2D eigenvalue weighted by molar-refractivity contribution is 0.595. The number of oxazole rings is 1. The van der Waals surface area contributed by atoms with Crippen LogP contribution in [0.3, 0.4) is 0 Å². The van der Waals surface area contributed by atoms with Gasteiger partial charge in [0, 0.05) is 11.8 Å². The Morgan fingerprint density at radius 1 is 1.20 bits per heavy atom. The smallest absolute Gasteiger partial charge is 0.306 e. The van der Waals surface area contributed by atoms with E-state index < -0.39 is 0 Å². The zero-order chi connectivity index (χ0) is 10.3. The molecule has 2 heterocycles. The molecule has 3 rings (SSSR count). The van der Waals surface area contributed by atoms with Gasteiger partial charge < -0.3 is 4.42 Å². The first kappa shape index (κ1) is 8.29. The summed E-state index contributed by atoms with van der Waals surface area (Å²) in [5.74, 6) is 0.645. The maximum atomic E-state index is 5.30. The number of hydrogen-bond acceptors (Lipinski definition) is 2. The van der Waals surface area contributed by atoms with Gasteiger partial charge in [-0.25, -0.2) is 0 Å². The van der Waals surface area contributed by atoms with Crippen molar-refractivity contribution in [2.75, 3.05) is 0 Å². The molecule has 0 N–H and O–H groups in total. The van der Waals surface area contributed by atoms with Gasteiger partial charge in [-0.05, 0) is 6.92 Å². The minimum Gasteiger partial charge on any atom is -0.431 e. The van der Waals surface area contributed by atoms with E-state index in [4.69, 9.17) is 4.42 Å². The fourth-order valence-corrected chi connectivity index (χ4v) is 1.64. The van der Waals surface area contributed by atoms with Gasteiger partial charge >= 0.3 is 5.84 Å². The van der Waals surface area contributed by atoms with Crippen molar-refractivity contribution in [1.29, 1.82) is 0 Å². The summed E-state index contributed by atoms with van der Waals surface area (Å²) in [4.78, 5) is 4.40. The Balaban J connectivity index is 2.20. The third-order valence-electron chi connectivity index (χ3n) is 2.46. The topological polar surface area (TPSA) is 30.4 Å². The van der Waals surface area contributed by atoms with Crippen molar-refractivity contribution in [3.8, 4) is 11.3 Å². The summed E-state index contributed by atoms with van der Waals surface area (Å²) in [6, 6.07) is 10.1. The van der Waals surface area contributed by atoms with Crippen LogP contribution in [0, 0.1) is 6.92 Å². The van der Waals surface area contributed by atoms with E-state index in [2.05, 4.69) is 4.98 Å². The van der Waals surface area contributed by atoms with Gasteiger partial charge in [0.05, 0.1) is 11.4 Å². The van der Waals surface area contributed by atoms with Gasteiger partial charge in [0.25, 0.3) is 0 Å². The molecule has 3 heteroatoms. The van der Waals surface area contributed by atoms with Crippen LogP contribution < -0.4 is 0 Å². The van der Waals surface area contributed by atoms with Gasteiger partial charge in [0.1, 0.15) is 6.26 Å². The molecule has 0 aliphatic carbocycles. The molecule has 0 saturated heterocycles. The number of benzene rings is 1. The van der Waals surface area contributed by atoms with E-state index in [-0.39, 0.29) is 0 Å². The summed E-state index contributed by atoms with van der Waals surface area (Å²) < 4.78 is 7.25. The highest BCUT2D eigenvalue weighted by atomic mass is 16.3. The normalized spacial score (nSPS) is 11.0. The first-order chi connectivity index (χ1) is 7.34. The molecule has 74 valence electrons. The molecule has 0 aliphatic rings. The van der Waals surface area contributed by atoms with E-state index in [0.717, 1.165) is 17.0 Å². The van der Waals surface area contributed by atoms with Crippen LogP contribution in [0.4, 0.5) is 0 Å². The highest BCUT2D eigenvalue weighted by molar-refractivity contribution is 5.60. The van der Waals surface area contributed by atoms with E-state index >= 15 is 0 Å². The molecule has 1 aromatic carbocycles. The van der Waals surface area contributed by atoms with Gasteiger partial charge in [-0.3, -0.25) is 4.40 Å². The molecule has 0 aliphatic heterocycles. The Kier molecular flexibility index (Phi) is 1.65. The number of hydrogen-bond donors (Lipinski definition) is 0. The van der Waals surface area contributed by atoms with Crippen LogP contribution in [0.15, 0.2) is 47.2 Å². The first-order valence-corrected chi connectivity index (χ1v) is 4.83. The van der Waals surface area contributed by atoms with Gasteiger partial charge in [-0.15, -0.1) is 0 Å². The summed E-state index contributed by atoms with van der Waals surface area (Å²) in [5.41, 5.74) is 3.11. The molecule has 0 atom stereocenters. The molecule has 0 fully saturated rings. The highest BCUT2D eigenvalue weighted by Gasteiger charge is 2.07. The average molecular weight is 198 g/mol. The fourth-order valence-electron chi connectivity index (χ4n) is 1.64. The summed E-state index contributed by atoms with van der Waals surface area (Å²) in [7, 11) is 0. The molecule has 0 saturated carbocycles. The zero-order valence-electron chi connectivity index (χ0n) is 8.34. The van der Waals surface area contributed by atoms with Crippen molar-refractivity contribution in [1.82, 2.24) is 9.38 Å². The summed E-state index contributed by atoms with van der Waals surface area (Å²) in [5, 5.41) is 0. The molecular weight excluding hydrogens is 188 g/mol. The molecule has 3 aromatic rings. The number of nitrogens with zero attached hydrogens (tertiary/aromatic N) is 2. The monoisotopic (exact) mass is 198 g/mol. The van der Waals surface area contributed by atoms with Crippen molar-refractivity contribution >= 4 is 5.84 Å². The van der Waals surface area contributed by atoms with Crippen LogP contribution in [0.5, 0.6) is 0 Å². The lowest BCUT2D eigenvalue weighted by atomic mass is 10.2. The summed E-state index contributed by atoms with van der Waals surface area (Å²) >= 11 is 0. The zero-order valence-corrected chi connectivity index (χ0v) is 8.34. The Labute approximate surface area is 87.0 Å². The highest BCUT2D eigenvalue weighted by Crippen LogP contribution is 2.20. The van der Waals surface area contributed by atoms with E-state index in [0.29, 0.717) is 5.84 Å². The third kappa shape index (κ3) is 1.24.